The van der Waals surface area contributed by atoms with Crippen molar-refractivity contribution in [2.24, 2.45) is 0 Å². The van der Waals surface area contributed by atoms with E-state index in [4.69, 9.17) is 16.8 Å². The van der Waals surface area contributed by atoms with Crippen molar-refractivity contribution in [1.29, 1.82) is 0 Å². The molecule has 1 nitrogen and oxygen atoms in total. The highest BCUT2D eigenvalue weighted by Crippen LogP contribution is 2.44. The van der Waals surface area contributed by atoms with E-state index in [9.17, 15) is 11.0 Å². The molecule has 0 unspecified atom stereocenters. The van der Waals surface area contributed by atoms with Crippen molar-refractivity contribution in [2.45, 2.75) is 0 Å². The first-order valence-corrected chi connectivity index (χ1v) is 15.4. The van der Waals surface area contributed by atoms with Crippen LogP contribution in [-0.4, -0.2) is 0 Å². The third kappa shape index (κ3) is 4.55. The molecule has 0 radical (unpaired) electrons. The van der Waals surface area contributed by atoms with Gasteiger partial charge in [-0.25, -0.2) is 0 Å². The van der Waals surface area contributed by atoms with Crippen molar-refractivity contribution in [3.63, 3.8) is 0 Å². The van der Waals surface area contributed by atoms with Crippen LogP contribution in [0.1, 0.15) is 23.3 Å². The number of hydrogen-bond donors (Lipinski definition) is 0. The number of rotatable bonds is 4. The molecule has 10 rings (SSSR count). The first kappa shape index (κ1) is 15.6. The Kier molecular flexibility index (Phi) is 3.54. The number of hydrogen-bond acceptors (Lipinski definition) is 1. The Balaban J connectivity index is 1.29. The predicted octanol–water partition coefficient (Wildman–Crippen LogP) is 13.7. The van der Waals surface area contributed by atoms with E-state index >= 15 is 0 Å². The fraction of sp³-hybridized carbons (Fsp3) is 0. The SMILES string of the molecule is [2H]c1c([2H])c([2H])c(-c2c3c([2H])c([2H])c([2H])c([2H])c3c(-c3c([2H])c([2H])c(-c4ccc5oc6ccc(-c7ccc8ccccc8c7)cc6c5c4)c([2H])c3[2H])c3c([2H])c([2H])c([2H])c([2H])c23)c([2H])c1[2H]. The van der Waals surface area contributed by atoms with Crippen LogP contribution in [0, 0.1) is 0 Å². The molecule has 0 N–H and O–H groups in total. The minimum atomic E-state index is -0.825. The third-order valence-corrected chi connectivity index (χ3v) is 8.84. The number of furan rings is 1. The predicted molar refractivity (Wildman–Crippen MR) is 208 cm³/mol. The highest BCUT2D eigenvalue weighted by Gasteiger charge is 2.17. The molecule has 1 aromatic heterocycles. The molecule has 0 aliphatic heterocycles. The van der Waals surface area contributed by atoms with Gasteiger partial charge in [-0.2, -0.15) is 0 Å². The molecular formula is C48H30O. The van der Waals surface area contributed by atoms with Gasteiger partial charge in [0.1, 0.15) is 11.2 Å². The van der Waals surface area contributed by atoms with E-state index in [2.05, 4.69) is 6.07 Å². The molecule has 0 bridgehead atoms. The summed E-state index contributed by atoms with van der Waals surface area (Å²) in [7, 11) is 0. The van der Waals surface area contributed by atoms with Gasteiger partial charge in [-0.3, -0.25) is 0 Å². The second-order valence-corrected chi connectivity index (χ2v) is 11.6. The van der Waals surface area contributed by atoms with Gasteiger partial charge in [-0.05, 0) is 107 Å². The molecule has 0 aliphatic carbocycles. The molecule has 49 heavy (non-hydrogen) atoms. The van der Waals surface area contributed by atoms with E-state index in [1.54, 1.807) is 18.2 Å². The van der Waals surface area contributed by atoms with Crippen LogP contribution in [0.5, 0.6) is 0 Å². The fourth-order valence-corrected chi connectivity index (χ4v) is 6.56. The summed E-state index contributed by atoms with van der Waals surface area (Å²) in [6.45, 7) is 0. The lowest BCUT2D eigenvalue weighted by Crippen LogP contribution is -1.90. The zero-order valence-corrected chi connectivity index (χ0v) is 25.4. The summed E-state index contributed by atoms with van der Waals surface area (Å²) < 4.78 is 159. The van der Waals surface area contributed by atoms with Gasteiger partial charge < -0.3 is 4.42 Å². The lowest BCUT2D eigenvalue weighted by atomic mass is 9.86. The molecular weight excluding hydrogens is 593 g/mol. The summed E-state index contributed by atoms with van der Waals surface area (Å²) in [6, 6.07) is 11.7. The maximum atomic E-state index is 9.54. The van der Waals surface area contributed by atoms with Gasteiger partial charge in [0.15, 0.2) is 0 Å². The summed E-state index contributed by atoms with van der Waals surface area (Å²) in [5.74, 6) is 0. The van der Waals surface area contributed by atoms with Gasteiger partial charge in [0, 0.05) is 10.8 Å². The zero-order chi connectivity index (χ0) is 47.1. The summed E-state index contributed by atoms with van der Waals surface area (Å²) in [6.07, 6.45) is 0. The highest BCUT2D eigenvalue weighted by molar-refractivity contribution is 6.21. The van der Waals surface area contributed by atoms with Gasteiger partial charge in [0.2, 0.25) is 0 Å². The van der Waals surface area contributed by atoms with Crippen molar-refractivity contribution < 1.29 is 27.7 Å². The lowest BCUT2D eigenvalue weighted by Gasteiger charge is -2.18. The minimum Gasteiger partial charge on any atom is -0.456 e. The van der Waals surface area contributed by atoms with Gasteiger partial charge in [-0.1, -0.05) is 151 Å². The Labute approximate surface area is 308 Å². The average molecular weight is 640 g/mol. The maximum absolute atomic E-state index is 9.54. The van der Waals surface area contributed by atoms with Crippen molar-refractivity contribution >= 4 is 54.3 Å². The van der Waals surface area contributed by atoms with Crippen LogP contribution in [0.4, 0.5) is 0 Å². The van der Waals surface area contributed by atoms with Crippen molar-refractivity contribution in [3.8, 4) is 44.5 Å². The molecule has 0 aliphatic rings. The first-order valence-electron chi connectivity index (χ1n) is 23.9. The van der Waals surface area contributed by atoms with Crippen LogP contribution >= 0.6 is 0 Å². The van der Waals surface area contributed by atoms with E-state index in [0.29, 0.717) is 16.6 Å². The Morgan fingerprint density at radius 3 is 1.37 bits per heavy atom. The molecule has 0 atom stereocenters. The second kappa shape index (κ2) is 11.1. The normalized spacial score (nSPS) is 16.5. The van der Waals surface area contributed by atoms with Crippen LogP contribution in [0.2, 0.25) is 0 Å². The maximum Gasteiger partial charge on any atom is 0.135 e. The Morgan fingerprint density at radius 1 is 0.327 bits per heavy atom. The minimum absolute atomic E-state index is 0.135. The standard InChI is InChI=1S/C48H30O/c1-2-11-33(12-3-1)47-39-14-6-8-16-41(39)48(42-17-9-7-15-40(42)47)34-21-18-32(19-22-34)37-24-26-45-43(29-37)44-30-38(25-27-46(44)49-45)36-23-20-31-10-4-5-13-35(31)28-36/h1-30H/i1D,2D,3D,6D,7D,8D,9D,11D,12D,14D,15D,16D,17D,18D,19D,21D,22D. The summed E-state index contributed by atoms with van der Waals surface area (Å²) in [5.41, 5.74) is 0.907. The molecule has 9 aromatic carbocycles. The Bertz CT molecular complexity index is 3720. The Hall–Kier alpha value is -6.44. The molecule has 0 saturated carbocycles. The van der Waals surface area contributed by atoms with Crippen LogP contribution < -0.4 is 0 Å². The first-order chi connectivity index (χ1) is 31.3. The zero-order valence-electron chi connectivity index (χ0n) is 42.4. The summed E-state index contributed by atoms with van der Waals surface area (Å²) >= 11 is 0. The molecule has 0 amide bonds. The Morgan fingerprint density at radius 2 is 0.776 bits per heavy atom. The van der Waals surface area contributed by atoms with Crippen molar-refractivity contribution in [1.82, 2.24) is 0 Å². The highest BCUT2D eigenvalue weighted by atomic mass is 16.3. The average Bonchev–Trinajstić information content (AvgIpc) is 3.69. The van der Waals surface area contributed by atoms with Crippen LogP contribution in [0.15, 0.2) is 186 Å². The van der Waals surface area contributed by atoms with Crippen LogP contribution in [0.25, 0.3) is 98.8 Å². The number of benzene rings is 9. The topological polar surface area (TPSA) is 13.1 Å². The summed E-state index contributed by atoms with van der Waals surface area (Å²) in [4.78, 5) is 0. The van der Waals surface area contributed by atoms with Crippen LogP contribution in [-0.2, 0) is 0 Å². The molecule has 0 spiro atoms. The van der Waals surface area contributed by atoms with E-state index in [1.165, 1.54) is 0 Å². The molecule has 0 saturated heterocycles. The molecule has 228 valence electrons. The van der Waals surface area contributed by atoms with E-state index < -0.39 is 147 Å². The largest absolute Gasteiger partial charge is 0.456 e. The third-order valence-electron chi connectivity index (χ3n) is 8.84. The van der Waals surface area contributed by atoms with Crippen molar-refractivity contribution in [3.05, 3.63) is 182 Å². The second-order valence-electron chi connectivity index (χ2n) is 11.6. The van der Waals surface area contributed by atoms with E-state index in [-0.39, 0.29) is 11.1 Å². The summed E-state index contributed by atoms with van der Waals surface area (Å²) in [5, 5.41) is 1.44. The molecule has 0 fully saturated rings. The van der Waals surface area contributed by atoms with Gasteiger partial charge in [-0.15, -0.1) is 0 Å². The van der Waals surface area contributed by atoms with Crippen LogP contribution in [0.3, 0.4) is 0 Å². The quantitative estimate of drug-likeness (QED) is 0.175. The number of fused-ring (bicyclic) bond motifs is 6. The molecule has 1 heterocycles. The van der Waals surface area contributed by atoms with Gasteiger partial charge >= 0.3 is 0 Å². The monoisotopic (exact) mass is 639 g/mol. The van der Waals surface area contributed by atoms with Gasteiger partial charge in [0.05, 0.1) is 23.3 Å². The van der Waals surface area contributed by atoms with E-state index in [1.807, 2.05) is 54.6 Å². The van der Waals surface area contributed by atoms with E-state index in [0.717, 1.165) is 27.3 Å². The van der Waals surface area contributed by atoms with Crippen molar-refractivity contribution in [2.75, 3.05) is 0 Å². The molecule has 1 heteroatoms. The lowest BCUT2D eigenvalue weighted by molar-refractivity contribution is 0.669. The molecule has 10 aromatic rings. The fourth-order valence-electron chi connectivity index (χ4n) is 6.56. The smallest absolute Gasteiger partial charge is 0.135 e. The van der Waals surface area contributed by atoms with Gasteiger partial charge in [0.25, 0.3) is 0 Å².